The van der Waals surface area contributed by atoms with E-state index in [1.54, 1.807) is 13.0 Å². The number of hydrazone groups is 1. The summed E-state index contributed by atoms with van der Waals surface area (Å²) >= 11 is 0. The lowest BCUT2D eigenvalue weighted by atomic mass is 9.99. The van der Waals surface area contributed by atoms with Crippen molar-refractivity contribution in [2.24, 2.45) is 5.10 Å². The molecular weight excluding hydrogens is 362 g/mol. The molecule has 8 heteroatoms. The maximum Gasteiger partial charge on any atom is 0.311 e. The molecule has 2 aromatic carbocycles. The average molecular weight is 383 g/mol. The predicted octanol–water partition coefficient (Wildman–Crippen LogP) is 3.74. The SMILES string of the molecule is CC[C@]1(c2ccccc2)OC(COc2ccc(C)cc2[N+](=O)[O-])=NN1C(C)=O. The number of nitro benzene ring substituents is 1. The Labute approximate surface area is 162 Å². The lowest BCUT2D eigenvalue weighted by Crippen LogP contribution is -2.43. The Balaban J connectivity index is 1.86. The van der Waals surface area contributed by atoms with Gasteiger partial charge in [-0.2, -0.15) is 5.01 Å². The fraction of sp³-hybridized carbons (Fsp3) is 0.300. The molecule has 1 heterocycles. The highest BCUT2D eigenvalue weighted by molar-refractivity contribution is 5.84. The zero-order chi connectivity index (χ0) is 20.3. The van der Waals surface area contributed by atoms with Gasteiger partial charge >= 0.3 is 5.69 Å². The molecule has 3 rings (SSSR count). The van der Waals surface area contributed by atoms with Gasteiger partial charge in [0.25, 0.3) is 0 Å². The fourth-order valence-electron chi connectivity index (χ4n) is 3.17. The Morgan fingerprint density at radius 2 is 2.00 bits per heavy atom. The topological polar surface area (TPSA) is 94.3 Å². The third-order valence-electron chi connectivity index (χ3n) is 4.50. The standard InChI is InChI=1S/C20H21N3O5/c1-4-20(16-8-6-5-7-9-16)22(15(3)24)21-19(28-20)13-27-18-11-10-14(2)12-17(18)23(25)26/h5-12H,4,13H2,1-3H3/t20-/m1/s1. The summed E-state index contributed by atoms with van der Waals surface area (Å²) in [5.41, 5.74) is 0.343. The molecule has 1 aliphatic rings. The normalized spacial score (nSPS) is 18.4. The van der Waals surface area contributed by atoms with E-state index in [9.17, 15) is 14.9 Å². The number of benzene rings is 2. The first kappa shape index (κ1) is 19.3. The summed E-state index contributed by atoms with van der Waals surface area (Å²) in [5.74, 6) is 0.0165. The molecule has 0 spiro atoms. The molecular formula is C20H21N3O5. The van der Waals surface area contributed by atoms with Crippen molar-refractivity contribution in [2.45, 2.75) is 32.9 Å². The number of aryl methyl sites for hydroxylation is 1. The van der Waals surface area contributed by atoms with Crippen molar-refractivity contribution in [1.82, 2.24) is 5.01 Å². The van der Waals surface area contributed by atoms with E-state index >= 15 is 0 Å². The minimum Gasteiger partial charge on any atom is -0.477 e. The summed E-state index contributed by atoms with van der Waals surface area (Å²) in [4.78, 5) is 23.0. The van der Waals surface area contributed by atoms with Crippen LogP contribution >= 0.6 is 0 Å². The maximum atomic E-state index is 12.2. The first-order valence-electron chi connectivity index (χ1n) is 8.88. The molecule has 0 bridgehead atoms. The molecule has 0 saturated carbocycles. The van der Waals surface area contributed by atoms with Crippen LogP contribution in [0.15, 0.2) is 53.6 Å². The van der Waals surface area contributed by atoms with Gasteiger partial charge < -0.3 is 9.47 Å². The molecule has 0 aliphatic carbocycles. The number of nitrogens with zero attached hydrogens (tertiary/aromatic N) is 3. The van der Waals surface area contributed by atoms with Crippen LogP contribution in [-0.2, 0) is 15.3 Å². The molecule has 0 radical (unpaired) electrons. The van der Waals surface area contributed by atoms with E-state index in [2.05, 4.69) is 5.10 Å². The van der Waals surface area contributed by atoms with E-state index in [0.717, 1.165) is 11.1 Å². The molecule has 0 aromatic heterocycles. The zero-order valence-corrected chi connectivity index (χ0v) is 15.9. The number of amides is 1. The zero-order valence-electron chi connectivity index (χ0n) is 15.9. The van der Waals surface area contributed by atoms with E-state index in [1.807, 2.05) is 37.3 Å². The summed E-state index contributed by atoms with van der Waals surface area (Å²) < 4.78 is 11.7. The summed E-state index contributed by atoms with van der Waals surface area (Å²) in [6.45, 7) is 4.94. The molecule has 146 valence electrons. The smallest absolute Gasteiger partial charge is 0.311 e. The molecule has 2 aromatic rings. The lowest BCUT2D eigenvalue weighted by molar-refractivity contribution is -0.385. The summed E-state index contributed by atoms with van der Waals surface area (Å²) in [6.07, 6.45) is 0.467. The van der Waals surface area contributed by atoms with Crippen LogP contribution in [0.1, 0.15) is 31.4 Å². The highest BCUT2D eigenvalue weighted by Crippen LogP contribution is 2.38. The highest BCUT2D eigenvalue weighted by atomic mass is 16.6. The summed E-state index contributed by atoms with van der Waals surface area (Å²) in [6, 6.07) is 14.0. The van der Waals surface area contributed by atoms with Crippen molar-refractivity contribution in [3.63, 3.8) is 0 Å². The van der Waals surface area contributed by atoms with E-state index in [0.29, 0.717) is 6.42 Å². The van der Waals surface area contributed by atoms with Crippen LogP contribution in [-0.4, -0.2) is 28.3 Å². The van der Waals surface area contributed by atoms with Crippen LogP contribution in [0.4, 0.5) is 5.69 Å². The van der Waals surface area contributed by atoms with Crippen LogP contribution in [0.3, 0.4) is 0 Å². The van der Waals surface area contributed by atoms with Crippen molar-refractivity contribution in [3.8, 4) is 5.75 Å². The Morgan fingerprint density at radius 3 is 2.61 bits per heavy atom. The van der Waals surface area contributed by atoms with E-state index in [4.69, 9.17) is 9.47 Å². The number of carbonyl (C=O) groups excluding carboxylic acids is 1. The van der Waals surface area contributed by atoms with Gasteiger partial charge in [-0.1, -0.05) is 43.3 Å². The number of hydrogen-bond donors (Lipinski definition) is 0. The molecule has 28 heavy (non-hydrogen) atoms. The van der Waals surface area contributed by atoms with Gasteiger partial charge in [0.2, 0.25) is 17.5 Å². The molecule has 1 amide bonds. The maximum absolute atomic E-state index is 12.2. The van der Waals surface area contributed by atoms with Crippen molar-refractivity contribution >= 4 is 17.5 Å². The highest BCUT2D eigenvalue weighted by Gasteiger charge is 2.47. The Hall–Kier alpha value is -3.42. The summed E-state index contributed by atoms with van der Waals surface area (Å²) in [5, 5.41) is 16.8. The minimum atomic E-state index is -1.06. The third-order valence-corrected chi connectivity index (χ3v) is 4.50. The van der Waals surface area contributed by atoms with Crippen molar-refractivity contribution in [3.05, 3.63) is 69.8 Å². The van der Waals surface area contributed by atoms with Crippen LogP contribution in [0.25, 0.3) is 0 Å². The van der Waals surface area contributed by atoms with Crippen molar-refractivity contribution in [2.75, 3.05) is 6.61 Å². The number of carbonyl (C=O) groups is 1. The van der Waals surface area contributed by atoms with Gasteiger partial charge in [0.15, 0.2) is 12.4 Å². The largest absolute Gasteiger partial charge is 0.477 e. The van der Waals surface area contributed by atoms with Gasteiger partial charge in [0.05, 0.1) is 4.92 Å². The first-order valence-corrected chi connectivity index (χ1v) is 8.88. The van der Waals surface area contributed by atoms with Gasteiger partial charge in [0, 0.05) is 25.0 Å². The lowest BCUT2D eigenvalue weighted by Gasteiger charge is -2.33. The molecule has 0 unspecified atom stereocenters. The average Bonchev–Trinajstić information content (AvgIpc) is 3.08. The number of rotatable bonds is 6. The molecule has 1 atom stereocenters. The van der Waals surface area contributed by atoms with E-state index < -0.39 is 10.6 Å². The van der Waals surface area contributed by atoms with Crippen LogP contribution in [0.2, 0.25) is 0 Å². The van der Waals surface area contributed by atoms with Crippen molar-refractivity contribution in [1.29, 1.82) is 0 Å². The van der Waals surface area contributed by atoms with E-state index in [1.165, 1.54) is 24.1 Å². The fourth-order valence-corrected chi connectivity index (χ4v) is 3.17. The number of hydrogen-bond acceptors (Lipinski definition) is 6. The molecule has 0 fully saturated rings. The Bertz CT molecular complexity index is 929. The second-order valence-electron chi connectivity index (χ2n) is 6.45. The molecule has 0 N–H and O–H groups in total. The quantitative estimate of drug-likeness (QED) is 0.559. The minimum absolute atomic E-state index is 0.116. The number of ether oxygens (including phenoxy) is 2. The van der Waals surface area contributed by atoms with Gasteiger partial charge in [-0.05, 0) is 18.6 Å². The number of nitro groups is 1. The Kier molecular flexibility index (Phi) is 5.30. The Morgan fingerprint density at radius 1 is 1.29 bits per heavy atom. The van der Waals surface area contributed by atoms with Crippen molar-refractivity contribution < 1.29 is 19.2 Å². The summed E-state index contributed by atoms with van der Waals surface area (Å²) in [7, 11) is 0. The molecule has 8 nitrogen and oxygen atoms in total. The van der Waals surface area contributed by atoms with Crippen LogP contribution in [0, 0.1) is 17.0 Å². The first-order chi connectivity index (χ1) is 13.4. The van der Waals surface area contributed by atoms with E-state index in [-0.39, 0.29) is 29.8 Å². The predicted molar refractivity (Wildman–Crippen MR) is 103 cm³/mol. The van der Waals surface area contributed by atoms with Gasteiger partial charge in [0.1, 0.15) is 0 Å². The second kappa shape index (κ2) is 7.67. The van der Waals surface area contributed by atoms with Gasteiger partial charge in [-0.25, -0.2) is 0 Å². The third kappa shape index (κ3) is 3.53. The van der Waals surface area contributed by atoms with Crippen LogP contribution < -0.4 is 4.74 Å². The van der Waals surface area contributed by atoms with Crippen LogP contribution in [0.5, 0.6) is 5.75 Å². The molecule has 0 saturated heterocycles. The monoisotopic (exact) mass is 383 g/mol. The molecule has 1 aliphatic heterocycles. The second-order valence-corrected chi connectivity index (χ2v) is 6.45. The van der Waals surface area contributed by atoms with Gasteiger partial charge in [-0.3, -0.25) is 14.9 Å². The van der Waals surface area contributed by atoms with Gasteiger partial charge in [-0.15, -0.1) is 5.10 Å².